The fourth-order valence-electron chi connectivity index (χ4n) is 4.89. The SMILES string of the molecule is COCC1CCC2(CCN(Cc3cnn(C)c3)CC2)N1CC1CC1. The molecule has 1 aliphatic carbocycles. The van der Waals surface area contributed by atoms with Crippen LogP contribution in [0.2, 0.25) is 0 Å². The Morgan fingerprint density at radius 2 is 2.00 bits per heavy atom. The maximum absolute atomic E-state index is 5.53. The van der Waals surface area contributed by atoms with Gasteiger partial charge in [0, 0.05) is 63.7 Å². The van der Waals surface area contributed by atoms with Crippen LogP contribution < -0.4 is 0 Å². The van der Waals surface area contributed by atoms with E-state index in [9.17, 15) is 0 Å². The van der Waals surface area contributed by atoms with Crippen LogP contribution in [0.25, 0.3) is 0 Å². The molecule has 2 saturated heterocycles. The minimum absolute atomic E-state index is 0.456. The number of nitrogens with zero attached hydrogens (tertiary/aromatic N) is 4. The van der Waals surface area contributed by atoms with E-state index >= 15 is 0 Å². The number of likely N-dealkylation sites (tertiary alicyclic amines) is 2. The van der Waals surface area contributed by atoms with Gasteiger partial charge < -0.3 is 4.74 Å². The van der Waals surface area contributed by atoms with Gasteiger partial charge in [0.1, 0.15) is 0 Å². The quantitative estimate of drug-likeness (QED) is 0.800. The van der Waals surface area contributed by atoms with E-state index in [1.807, 2.05) is 25.0 Å². The van der Waals surface area contributed by atoms with E-state index < -0.39 is 0 Å². The molecule has 5 heteroatoms. The van der Waals surface area contributed by atoms with Gasteiger partial charge in [-0.2, -0.15) is 5.10 Å². The van der Waals surface area contributed by atoms with Crippen LogP contribution in [-0.2, 0) is 18.3 Å². The molecule has 5 nitrogen and oxygen atoms in total. The van der Waals surface area contributed by atoms with Crippen LogP contribution >= 0.6 is 0 Å². The summed E-state index contributed by atoms with van der Waals surface area (Å²) in [6.45, 7) is 5.71. The summed E-state index contributed by atoms with van der Waals surface area (Å²) in [6.07, 6.45) is 12.4. The lowest BCUT2D eigenvalue weighted by Crippen LogP contribution is -2.55. The number of hydrogen-bond donors (Lipinski definition) is 0. The Morgan fingerprint density at radius 3 is 2.62 bits per heavy atom. The van der Waals surface area contributed by atoms with Gasteiger partial charge >= 0.3 is 0 Å². The maximum atomic E-state index is 5.53. The molecule has 24 heavy (non-hydrogen) atoms. The highest BCUT2D eigenvalue weighted by Gasteiger charge is 2.48. The third-order valence-corrected chi connectivity index (χ3v) is 6.46. The highest BCUT2D eigenvalue weighted by atomic mass is 16.5. The molecule has 3 heterocycles. The Bertz CT molecular complexity index is 545. The van der Waals surface area contributed by atoms with Crippen LogP contribution in [0, 0.1) is 5.92 Å². The first-order valence-corrected chi connectivity index (χ1v) is 9.64. The monoisotopic (exact) mass is 332 g/mol. The van der Waals surface area contributed by atoms with Crippen LogP contribution in [0.1, 0.15) is 44.1 Å². The highest BCUT2D eigenvalue weighted by Crippen LogP contribution is 2.44. The van der Waals surface area contributed by atoms with Crippen molar-refractivity contribution in [2.45, 2.75) is 56.7 Å². The molecule has 0 amide bonds. The molecule has 0 bridgehead atoms. The predicted octanol–water partition coefficient (Wildman–Crippen LogP) is 2.28. The van der Waals surface area contributed by atoms with Crippen molar-refractivity contribution in [3.05, 3.63) is 18.0 Å². The lowest BCUT2D eigenvalue weighted by molar-refractivity contribution is 0.00665. The van der Waals surface area contributed by atoms with Crippen molar-refractivity contribution < 1.29 is 4.74 Å². The molecule has 134 valence electrons. The zero-order valence-electron chi connectivity index (χ0n) is 15.3. The molecule has 1 aromatic rings. The summed E-state index contributed by atoms with van der Waals surface area (Å²) in [5, 5.41) is 4.30. The molecule has 1 spiro atoms. The smallest absolute Gasteiger partial charge is 0.0618 e. The Morgan fingerprint density at radius 1 is 1.21 bits per heavy atom. The zero-order chi connectivity index (χ0) is 16.6. The van der Waals surface area contributed by atoms with Gasteiger partial charge in [-0.3, -0.25) is 14.5 Å². The summed E-state index contributed by atoms with van der Waals surface area (Å²) in [4.78, 5) is 5.48. The van der Waals surface area contributed by atoms with E-state index in [1.165, 1.54) is 63.7 Å². The second-order valence-electron chi connectivity index (χ2n) is 8.27. The summed E-state index contributed by atoms with van der Waals surface area (Å²) in [7, 11) is 3.86. The number of aryl methyl sites for hydroxylation is 1. The second-order valence-corrected chi connectivity index (χ2v) is 8.27. The molecule has 0 N–H and O–H groups in total. The molecular formula is C19H32N4O. The summed E-state index contributed by atoms with van der Waals surface area (Å²) < 4.78 is 7.44. The lowest BCUT2D eigenvalue weighted by atomic mass is 9.84. The van der Waals surface area contributed by atoms with E-state index in [2.05, 4.69) is 21.1 Å². The molecular weight excluding hydrogens is 300 g/mol. The van der Waals surface area contributed by atoms with Crippen molar-refractivity contribution in [2.75, 3.05) is 33.4 Å². The average Bonchev–Trinajstić information content (AvgIpc) is 3.23. The van der Waals surface area contributed by atoms with Gasteiger partial charge in [0.15, 0.2) is 0 Å². The Kier molecular flexibility index (Phi) is 4.67. The molecule has 1 unspecified atom stereocenters. The maximum Gasteiger partial charge on any atom is 0.0618 e. The van der Waals surface area contributed by atoms with Gasteiger partial charge in [0.2, 0.25) is 0 Å². The number of piperidine rings is 1. The first-order valence-electron chi connectivity index (χ1n) is 9.64. The molecule has 3 aliphatic rings. The predicted molar refractivity (Wildman–Crippen MR) is 94.8 cm³/mol. The number of rotatable bonds is 6. The van der Waals surface area contributed by atoms with Crippen LogP contribution in [0.15, 0.2) is 12.4 Å². The third-order valence-electron chi connectivity index (χ3n) is 6.46. The molecule has 1 aromatic heterocycles. The molecule has 0 aromatic carbocycles. The lowest BCUT2D eigenvalue weighted by Gasteiger charge is -2.47. The van der Waals surface area contributed by atoms with Crippen molar-refractivity contribution >= 4 is 0 Å². The Hall–Kier alpha value is -0.910. The third kappa shape index (κ3) is 3.39. The number of aromatic nitrogens is 2. The molecule has 1 atom stereocenters. The van der Waals surface area contributed by atoms with Crippen molar-refractivity contribution in [2.24, 2.45) is 13.0 Å². The van der Waals surface area contributed by atoms with E-state index in [1.54, 1.807) is 0 Å². The minimum atomic E-state index is 0.456. The van der Waals surface area contributed by atoms with Crippen LogP contribution in [-0.4, -0.2) is 64.5 Å². The number of hydrogen-bond acceptors (Lipinski definition) is 4. The summed E-state index contributed by atoms with van der Waals surface area (Å²) in [5.41, 5.74) is 1.80. The van der Waals surface area contributed by atoms with E-state index in [0.29, 0.717) is 11.6 Å². The van der Waals surface area contributed by atoms with Gasteiger partial charge in [0.05, 0.1) is 12.8 Å². The van der Waals surface area contributed by atoms with Gasteiger partial charge in [0.25, 0.3) is 0 Å². The van der Waals surface area contributed by atoms with Crippen LogP contribution in [0.4, 0.5) is 0 Å². The zero-order valence-corrected chi connectivity index (χ0v) is 15.3. The molecule has 4 rings (SSSR count). The fraction of sp³-hybridized carbons (Fsp3) is 0.842. The van der Waals surface area contributed by atoms with Crippen molar-refractivity contribution in [1.29, 1.82) is 0 Å². The van der Waals surface area contributed by atoms with Crippen LogP contribution in [0.3, 0.4) is 0 Å². The second kappa shape index (κ2) is 6.77. The Balaban J connectivity index is 1.38. The summed E-state index contributed by atoms with van der Waals surface area (Å²) >= 11 is 0. The van der Waals surface area contributed by atoms with E-state index in [0.717, 1.165) is 19.1 Å². The normalized spacial score (nSPS) is 28.0. The molecule has 1 saturated carbocycles. The van der Waals surface area contributed by atoms with Gasteiger partial charge in [-0.05, 0) is 44.4 Å². The molecule has 3 fully saturated rings. The minimum Gasteiger partial charge on any atom is -0.383 e. The summed E-state index contributed by atoms with van der Waals surface area (Å²) in [6, 6.07) is 0.653. The first-order chi connectivity index (χ1) is 11.7. The topological polar surface area (TPSA) is 33.5 Å². The molecule has 0 radical (unpaired) electrons. The summed E-state index contributed by atoms with van der Waals surface area (Å²) in [5.74, 6) is 0.966. The fourth-order valence-corrected chi connectivity index (χ4v) is 4.89. The van der Waals surface area contributed by atoms with Gasteiger partial charge in [-0.1, -0.05) is 0 Å². The Labute approximate surface area is 145 Å². The standard InChI is InChI=1S/C19H32N4O/c1-21-12-17(11-20-21)13-22-9-7-19(8-10-22)6-5-18(15-24-2)23(19)14-16-3-4-16/h11-12,16,18H,3-10,13-15H2,1-2H3. The number of methoxy groups -OCH3 is 1. The number of ether oxygens (including phenoxy) is 1. The largest absolute Gasteiger partial charge is 0.383 e. The van der Waals surface area contributed by atoms with E-state index in [-0.39, 0.29) is 0 Å². The molecule has 2 aliphatic heterocycles. The van der Waals surface area contributed by atoms with Crippen molar-refractivity contribution in [3.63, 3.8) is 0 Å². The van der Waals surface area contributed by atoms with Crippen molar-refractivity contribution in [1.82, 2.24) is 19.6 Å². The highest BCUT2D eigenvalue weighted by molar-refractivity contribution is 5.07. The average molecular weight is 332 g/mol. The first kappa shape index (κ1) is 16.6. The van der Waals surface area contributed by atoms with Crippen molar-refractivity contribution in [3.8, 4) is 0 Å². The van der Waals surface area contributed by atoms with Gasteiger partial charge in [-0.25, -0.2) is 0 Å². The van der Waals surface area contributed by atoms with E-state index in [4.69, 9.17) is 4.74 Å². The van der Waals surface area contributed by atoms with Gasteiger partial charge in [-0.15, -0.1) is 0 Å². The van der Waals surface area contributed by atoms with Crippen LogP contribution in [0.5, 0.6) is 0 Å².